The van der Waals surface area contributed by atoms with Crippen molar-refractivity contribution in [1.82, 2.24) is 5.32 Å². The van der Waals surface area contributed by atoms with Gasteiger partial charge in [0.1, 0.15) is 0 Å². The lowest BCUT2D eigenvalue weighted by Crippen LogP contribution is -2.05. The van der Waals surface area contributed by atoms with Crippen LogP contribution in [-0.4, -0.2) is 7.05 Å². The predicted molar refractivity (Wildman–Crippen MR) is 68.6 cm³/mol. The Hall–Kier alpha value is -1.00. The summed E-state index contributed by atoms with van der Waals surface area (Å²) in [5.74, 6) is -1.24. The van der Waals surface area contributed by atoms with Gasteiger partial charge in [-0.05, 0) is 36.0 Å². The molecule has 0 radical (unpaired) electrons. The van der Waals surface area contributed by atoms with E-state index in [0.29, 0.717) is 5.92 Å². The Labute approximate surface area is 103 Å². The molecular formula is C13H15F2NS. The number of halogens is 2. The average Bonchev–Trinajstić information content (AvgIpc) is 2.57. The van der Waals surface area contributed by atoms with Crippen molar-refractivity contribution in [3.8, 4) is 0 Å². The second kappa shape index (κ2) is 4.70. The summed E-state index contributed by atoms with van der Waals surface area (Å²) in [5, 5.41) is 3.93. The molecule has 0 atom stereocenters. The quantitative estimate of drug-likeness (QED) is 0.873. The summed E-state index contributed by atoms with van der Waals surface area (Å²) in [6.45, 7) is 4.87. The number of thiophene rings is 1. The van der Waals surface area contributed by atoms with Crippen molar-refractivity contribution in [2.75, 3.05) is 7.05 Å². The van der Waals surface area contributed by atoms with Crippen LogP contribution in [0.3, 0.4) is 0 Å². The van der Waals surface area contributed by atoms with Gasteiger partial charge in [0.25, 0.3) is 0 Å². The third-order valence-corrected chi connectivity index (χ3v) is 3.93. The van der Waals surface area contributed by atoms with E-state index in [2.05, 4.69) is 19.2 Å². The summed E-state index contributed by atoms with van der Waals surface area (Å²) in [5.41, 5.74) is 1.12. The van der Waals surface area contributed by atoms with Gasteiger partial charge in [-0.2, -0.15) is 0 Å². The summed E-state index contributed by atoms with van der Waals surface area (Å²) in [4.78, 5) is 1.16. The van der Waals surface area contributed by atoms with Crippen LogP contribution >= 0.6 is 11.3 Å². The SMILES string of the molecule is CNCc1sc2cc(F)c(F)cc2c1C(C)C. The van der Waals surface area contributed by atoms with Crippen molar-refractivity contribution in [3.05, 3.63) is 34.2 Å². The van der Waals surface area contributed by atoms with Crippen LogP contribution in [0.25, 0.3) is 10.1 Å². The molecule has 4 heteroatoms. The van der Waals surface area contributed by atoms with E-state index in [0.717, 1.165) is 27.1 Å². The molecule has 0 fully saturated rings. The zero-order valence-electron chi connectivity index (χ0n) is 10.1. The molecule has 2 aromatic rings. The highest BCUT2D eigenvalue weighted by Crippen LogP contribution is 2.37. The molecule has 1 aromatic carbocycles. The highest BCUT2D eigenvalue weighted by molar-refractivity contribution is 7.19. The topological polar surface area (TPSA) is 12.0 Å². The standard InChI is InChI=1S/C13H15F2NS/c1-7(2)13-8-4-9(14)10(15)5-11(8)17-12(13)6-16-3/h4-5,7,16H,6H2,1-3H3. The lowest BCUT2D eigenvalue weighted by molar-refractivity contribution is 0.511. The van der Waals surface area contributed by atoms with Crippen LogP contribution < -0.4 is 5.32 Å². The minimum Gasteiger partial charge on any atom is -0.315 e. The second-order valence-corrected chi connectivity index (χ2v) is 5.52. The van der Waals surface area contributed by atoms with Gasteiger partial charge in [0, 0.05) is 16.1 Å². The monoisotopic (exact) mass is 255 g/mol. The van der Waals surface area contributed by atoms with Crippen molar-refractivity contribution in [1.29, 1.82) is 0 Å². The first-order valence-corrected chi connectivity index (χ1v) is 6.41. The van der Waals surface area contributed by atoms with E-state index in [1.54, 1.807) is 0 Å². The van der Waals surface area contributed by atoms with Crippen LogP contribution in [0.2, 0.25) is 0 Å². The van der Waals surface area contributed by atoms with Crippen LogP contribution in [0, 0.1) is 11.6 Å². The molecule has 2 rings (SSSR count). The first-order chi connectivity index (χ1) is 8.04. The molecule has 0 spiro atoms. The molecular weight excluding hydrogens is 240 g/mol. The van der Waals surface area contributed by atoms with Crippen LogP contribution in [0.15, 0.2) is 12.1 Å². The lowest BCUT2D eigenvalue weighted by atomic mass is 9.99. The lowest BCUT2D eigenvalue weighted by Gasteiger charge is -2.07. The number of rotatable bonds is 3. The first-order valence-electron chi connectivity index (χ1n) is 5.59. The number of benzene rings is 1. The molecule has 1 nitrogen and oxygen atoms in total. The van der Waals surface area contributed by atoms with E-state index >= 15 is 0 Å². The Morgan fingerprint density at radius 2 is 1.88 bits per heavy atom. The molecule has 0 bridgehead atoms. The van der Waals surface area contributed by atoms with Crippen molar-refractivity contribution >= 4 is 21.4 Å². The maximum absolute atomic E-state index is 13.3. The van der Waals surface area contributed by atoms with Gasteiger partial charge in [-0.25, -0.2) is 8.78 Å². The molecule has 0 saturated carbocycles. The van der Waals surface area contributed by atoms with Gasteiger partial charge in [0.05, 0.1) is 0 Å². The Balaban J connectivity index is 2.71. The van der Waals surface area contributed by atoms with Gasteiger partial charge in [0.15, 0.2) is 11.6 Å². The zero-order valence-corrected chi connectivity index (χ0v) is 10.9. The molecule has 0 amide bonds. The molecule has 1 N–H and O–H groups in total. The Morgan fingerprint density at radius 1 is 1.24 bits per heavy atom. The maximum Gasteiger partial charge on any atom is 0.160 e. The highest BCUT2D eigenvalue weighted by atomic mass is 32.1. The summed E-state index contributed by atoms with van der Waals surface area (Å²) in [7, 11) is 1.87. The first kappa shape index (κ1) is 12.5. The fraction of sp³-hybridized carbons (Fsp3) is 0.385. The number of fused-ring (bicyclic) bond motifs is 1. The minimum atomic E-state index is -0.773. The predicted octanol–water partition coefficient (Wildman–Crippen LogP) is 4.02. The molecule has 0 aliphatic rings. The maximum atomic E-state index is 13.3. The van der Waals surface area contributed by atoms with Crippen molar-refractivity contribution in [2.45, 2.75) is 26.3 Å². The van der Waals surface area contributed by atoms with Crippen LogP contribution in [0.5, 0.6) is 0 Å². The van der Waals surface area contributed by atoms with E-state index in [4.69, 9.17) is 0 Å². The number of nitrogens with one attached hydrogen (secondary N) is 1. The molecule has 0 unspecified atom stereocenters. The van der Waals surface area contributed by atoms with Crippen LogP contribution in [-0.2, 0) is 6.54 Å². The van der Waals surface area contributed by atoms with Crippen LogP contribution in [0.4, 0.5) is 8.78 Å². The molecule has 1 heterocycles. The molecule has 1 aromatic heterocycles. The second-order valence-electron chi connectivity index (χ2n) is 4.39. The zero-order chi connectivity index (χ0) is 12.6. The molecule has 0 aliphatic heterocycles. The number of hydrogen-bond donors (Lipinski definition) is 1. The Bertz CT molecular complexity index is 546. The molecule has 0 aliphatic carbocycles. The summed E-state index contributed by atoms with van der Waals surface area (Å²) >= 11 is 1.53. The summed E-state index contributed by atoms with van der Waals surface area (Å²) in [6.07, 6.45) is 0. The highest BCUT2D eigenvalue weighted by Gasteiger charge is 2.16. The van der Waals surface area contributed by atoms with Gasteiger partial charge < -0.3 is 5.32 Å². The summed E-state index contributed by atoms with van der Waals surface area (Å²) in [6, 6.07) is 2.61. The normalized spacial score (nSPS) is 11.6. The summed E-state index contributed by atoms with van der Waals surface area (Å²) < 4.78 is 27.3. The van der Waals surface area contributed by atoms with E-state index in [1.165, 1.54) is 23.5 Å². The van der Waals surface area contributed by atoms with Gasteiger partial charge in [-0.1, -0.05) is 13.8 Å². The van der Waals surface area contributed by atoms with Gasteiger partial charge >= 0.3 is 0 Å². The third-order valence-electron chi connectivity index (χ3n) is 2.76. The van der Waals surface area contributed by atoms with Crippen molar-refractivity contribution < 1.29 is 8.78 Å². The fourth-order valence-corrected chi connectivity index (χ4v) is 3.47. The van der Waals surface area contributed by atoms with Gasteiger partial charge in [-0.3, -0.25) is 0 Å². The van der Waals surface area contributed by atoms with Gasteiger partial charge in [0.2, 0.25) is 0 Å². The minimum absolute atomic E-state index is 0.303. The Morgan fingerprint density at radius 3 is 2.47 bits per heavy atom. The van der Waals surface area contributed by atoms with Crippen molar-refractivity contribution in [3.63, 3.8) is 0 Å². The largest absolute Gasteiger partial charge is 0.315 e. The number of hydrogen-bond acceptors (Lipinski definition) is 2. The van der Waals surface area contributed by atoms with E-state index in [-0.39, 0.29) is 0 Å². The third kappa shape index (κ3) is 2.19. The molecule has 17 heavy (non-hydrogen) atoms. The van der Waals surface area contributed by atoms with Gasteiger partial charge in [-0.15, -0.1) is 11.3 Å². The van der Waals surface area contributed by atoms with Crippen LogP contribution in [0.1, 0.15) is 30.2 Å². The molecule has 0 saturated heterocycles. The van der Waals surface area contributed by atoms with E-state index < -0.39 is 11.6 Å². The average molecular weight is 255 g/mol. The van der Waals surface area contributed by atoms with E-state index in [1.807, 2.05) is 7.05 Å². The smallest absolute Gasteiger partial charge is 0.160 e. The fourth-order valence-electron chi connectivity index (χ4n) is 2.09. The van der Waals surface area contributed by atoms with Crippen molar-refractivity contribution in [2.24, 2.45) is 0 Å². The van der Waals surface area contributed by atoms with E-state index in [9.17, 15) is 8.78 Å². The molecule has 92 valence electrons. The Kier molecular flexibility index (Phi) is 3.45.